The van der Waals surface area contributed by atoms with Gasteiger partial charge in [-0.15, -0.1) is 0 Å². The van der Waals surface area contributed by atoms with Gasteiger partial charge in [0.1, 0.15) is 11.2 Å². The van der Waals surface area contributed by atoms with Crippen LogP contribution in [0.1, 0.15) is 63.3 Å². The Morgan fingerprint density at radius 1 is 1.12 bits per heavy atom. The summed E-state index contributed by atoms with van der Waals surface area (Å²) in [5.41, 5.74) is 2.91. The smallest absolute Gasteiger partial charge is 0.340 e. The molecule has 2 heterocycles. The molecule has 0 radical (unpaired) electrons. The Morgan fingerprint density at radius 2 is 1.78 bits per heavy atom. The van der Waals surface area contributed by atoms with Crippen molar-refractivity contribution in [1.29, 1.82) is 0 Å². The van der Waals surface area contributed by atoms with Crippen LogP contribution in [0.25, 0.3) is 21.9 Å². The highest BCUT2D eigenvalue weighted by Crippen LogP contribution is 2.37. The fourth-order valence-corrected chi connectivity index (χ4v) is 4.04. The Labute approximate surface area is 186 Å². The molecule has 0 saturated carbocycles. The second-order valence-electron chi connectivity index (χ2n) is 9.57. The molecule has 1 amide bonds. The molecule has 172 valence electrons. The zero-order chi connectivity index (χ0) is 24.0. The molecule has 0 unspecified atom stereocenters. The summed E-state index contributed by atoms with van der Waals surface area (Å²) in [6.07, 6.45) is 2.01. The molecular formula is C25H30NO6-. The van der Waals surface area contributed by atoms with Crippen LogP contribution in [0.15, 0.2) is 26.0 Å². The number of fused-ring (bicyclic) bond motifs is 2. The molecule has 1 N–H and O–H groups in total. The van der Waals surface area contributed by atoms with E-state index in [1.165, 1.54) is 0 Å². The number of carbonyl (C=O) groups excluding carboxylic acids is 2. The van der Waals surface area contributed by atoms with Gasteiger partial charge in [0, 0.05) is 21.9 Å². The maximum Gasteiger partial charge on any atom is 0.340 e. The number of furan rings is 1. The third-order valence-corrected chi connectivity index (χ3v) is 6.27. The predicted octanol–water partition coefficient (Wildman–Crippen LogP) is 3.28. The van der Waals surface area contributed by atoms with Crippen LogP contribution in [0.4, 0.5) is 0 Å². The van der Waals surface area contributed by atoms with E-state index in [0.717, 1.165) is 21.9 Å². The third-order valence-electron chi connectivity index (χ3n) is 6.27. The van der Waals surface area contributed by atoms with Gasteiger partial charge in [-0.25, -0.2) is 4.79 Å². The number of carboxylic acid groups (broad SMARTS) is 1. The van der Waals surface area contributed by atoms with Gasteiger partial charge in [0.2, 0.25) is 5.91 Å². The van der Waals surface area contributed by atoms with E-state index >= 15 is 0 Å². The number of amides is 1. The summed E-state index contributed by atoms with van der Waals surface area (Å²) < 4.78 is 11.4. The van der Waals surface area contributed by atoms with Crippen LogP contribution in [0.5, 0.6) is 0 Å². The lowest BCUT2D eigenvalue weighted by atomic mass is 9.86. The minimum Gasteiger partial charge on any atom is -0.548 e. The van der Waals surface area contributed by atoms with Gasteiger partial charge in [-0.05, 0) is 36.8 Å². The zero-order valence-corrected chi connectivity index (χ0v) is 19.7. The maximum atomic E-state index is 12.7. The van der Waals surface area contributed by atoms with Crippen LogP contribution in [0, 0.1) is 19.8 Å². The summed E-state index contributed by atoms with van der Waals surface area (Å²) in [7, 11) is 0. The summed E-state index contributed by atoms with van der Waals surface area (Å²) >= 11 is 0. The van der Waals surface area contributed by atoms with Crippen LogP contribution in [-0.2, 0) is 21.4 Å². The second kappa shape index (κ2) is 8.45. The molecule has 7 nitrogen and oxygen atoms in total. The van der Waals surface area contributed by atoms with E-state index in [1.54, 1.807) is 20.1 Å². The Balaban J connectivity index is 2.09. The lowest BCUT2D eigenvalue weighted by molar-refractivity contribution is -0.309. The Morgan fingerprint density at radius 3 is 2.34 bits per heavy atom. The standard InChI is InChI=1S/C25H31NO6/c1-8-12(2)20(23(28)29)26-19(27)10-16-13(3)15-9-17-18(25(5,6)7)11-31-21(17)14(4)22(15)32-24(16)30/h9,11-12,20H,8,10H2,1-7H3,(H,26,27)(H,28,29)/p-1/t12-,20+/m1/s1. The van der Waals surface area contributed by atoms with E-state index < -0.39 is 23.5 Å². The van der Waals surface area contributed by atoms with Crippen LogP contribution in [0.2, 0.25) is 0 Å². The van der Waals surface area contributed by atoms with Gasteiger partial charge in [0.05, 0.1) is 30.3 Å². The predicted molar refractivity (Wildman–Crippen MR) is 121 cm³/mol. The van der Waals surface area contributed by atoms with Crippen molar-refractivity contribution in [3.05, 3.63) is 45.0 Å². The molecule has 0 aliphatic carbocycles. The monoisotopic (exact) mass is 440 g/mol. The van der Waals surface area contributed by atoms with Gasteiger partial charge in [-0.3, -0.25) is 4.79 Å². The highest BCUT2D eigenvalue weighted by atomic mass is 16.4. The lowest BCUT2D eigenvalue weighted by Gasteiger charge is -2.25. The van der Waals surface area contributed by atoms with E-state index in [9.17, 15) is 19.5 Å². The maximum absolute atomic E-state index is 12.7. The number of benzene rings is 1. The Bertz CT molecular complexity index is 1260. The summed E-state index contributed by atoms with van der Waals surface area (Å²) in [5, 5.41) is 15.6. The number of hydrogen-bond donors (Lipinski definition) is 1. The molecule has 0 aliphatic rings. The molecule has 1 aromatic carbocycles. The van der Waals surface area contributed by atoms with Gasteiger partial charge >= 0.3 is 5.63 Å². The first-order chi connectivity index (χ1) is 14.9. The van der Waals surface area contributed by atoms with Crippen LogP contribution < -0.4 is 16.0 Å². The SMILES string of the molecule is CC[C@@H](C)[C@H](NC(=O)Cc1c(C)c2cc3c(C(C)(C)C)coc3c(C)c2oc1=O)C(=O)[O-]. The second-order valence-corrected chi connectivity index (χ2v) is 9.57. The van der Waals surface area contributed by atoms with E-state index in [1.807, 2.05) is 19.9 Å². The molecule has 0 fully saturated rings. The number of carbonyl (C=O) groups is 2. The van der Waals surface area contributed by atoms with E-state index in [4.69, 9.17) is 8.83 Å². The van der Waals surface area contributed by atoms with Gasteiger partial charge in [0.25, 0.3) is 0 Å². The van der Waals surface area contributed by atoms with Crippen molar-refractivity contribution < 1.29 is 23.5 Å². The summed E-state index contributed by atoms with van der Waals surface area (Å²) in [4.78, 5) is 36.8. The lowest BCUT2D eigenvalue weighted by Crippen LogP contribution is -2.51. The fraction of sp³-hybridized carbons (Fsp3) is 0.480. The van der Waals surface area contributed by atoms with Crippen molar-refractivity contribution in [3.63, 3.8) is 0 Å². The van der Waals surface area contributed by atoms with Crippen LogP contribution in [0.3, 0.4) is 0 Å². The number of carboxylic acids is 1. The van der Waals surface area contributed by atoms with Gasteiger partial charge in [-0.1, -0.05) is 41.0 Å². The summed E-state index contributed by atoms with van der Waals surface area (Å²) in [5.74, 6) is -2.21. The first-order valence-electron chi connectivity index (χ1n) is 10.8. The van der Waals surface area contributed by atoms with Crippen molar-refractivity contribution in [3.8, 4) is 0 Å². The molecule has 0 bridgehead atoms. The molecule has 3 rings (SSSR count). The molecule has 7 heteroatoms. The Kier molecular flexibility index (Phi) is 6.22. The van der Waals surface area contributed by atoms with E-state index in [-0.39, 0.29) is 23.3 Å². The minimum atomic E-state index is -1.34. The largest absolute Gasteiger partial charge is 0.548 e. The van der Waals surface area contributed by atoms with Gasteiger partial charge in [-0.2, -0.15) is 0 Å². The van der Waals surface area contributed by atoms with Crippen LogP contribution in [-0.4, -0.2) is 17.9 Å². The molecule has 32 heavy (non-hydrogen) atoms. The van der Waals surface area contributed by atoms with Crippen molar-refractivity contribution in [2.45, 2.75) is 72.8 Å². The fourth-order valence-electron chi connectivity index (χ4n) is 4.04. The minimum absolute atomic E-state index is 0.145. The average molecular weight is 441 g/mol. The topological polar surface area (TPSA) is 113 Å². The molecule has 2 atom stereocenters. The number of aliphatic carboxylic acids is 1. The van der Waals surface area contributed by atoms with Crippen molar-refractivity contribution in [2.75, 3.05) is 0 Å². The average Bonchev–Trinajstić information content (AvgIpc) is 3.14. The number of aryl methyl sites for hydroxylation is 2. The van der Waals surface area contributed by atoms with Crippen LogP contribution >= 0.6 is 0 Å². The summed E-state index contributed by atoms with van der Waals surface area (Å²) in [6, 6.07) is 0.812. The molecule has 3 aromatic rings. The number of nitrogens with one attached hydrogen (secondary N) is 1. The molecule has 0 spiro atoms. The van der Waals surface area contributed by atoms with Crippen molar-refractivity contribution in [1.82, 2.24) is 5.32 Å². The van der Waals surface area contributed by atoms with E-state index in [0.29, 0.717) is 23.2 Å². The van der Waals surface area contributed by atoms with Crippen molar-refractivity contribution >= 4 is 33.8 Å². The van der Waals surface area contributed by atoms with Gasteiger partial charge in [0.15, 0.2) is 0 Å². The first kappa shape index (κ1) is 23.6. The normalized spacial score (nSPS) is 14.0. The molecule has 0 saturated heterocycles. The van der Waals surface area contributed by atoms with Crippen molar-refractivity contribution in [2.24, 2.45) is 5.92 Å². The third kappa shape index (κ3) is 4.16. The molecule has 0 aliphatic heterocycles. The zero-order valence-electron chi connectivity index (χ0n) is 19.7. The number of rotatable bonds is 6. The summed E-state index contributed by atoms with van der Waals surface area (Å²) in [6.45, 7) is 13.4. The number of hydrogen-bond acceptors (Lipinski definition) is 6. The van der Waals surface area contributed by atoms with Gasteiger partial charge < -0.3 is 24.1 Å². The highest BCUT2D eigenvalue weighted by molar-refractivity contribution is 6.00. The Hall–Kier alpha value is -3.09. The first-order valence-corrected chi connectivity index (χ1v) is 10.8. The molecule has 2 aromatic heterocycles. The molecular weight excluding hydrogens is 410 g/mol. The quantitative estimate of drug-likeness (QED) is 0.589. The highest BCUT2D eigenvalue weighted by Gasteiger charge is 2.25. The van der Waals surface area contributed by atoms with E-state index in [2.05, 4.69) is 26.1 Å².